The molecule has 1 fully saturated rings. The maximum atomic E-state index is 12.3. The zero-order valence-electron chi connectivity index (χ0n) is 14.6. The Bertz CT molecular complexity index is 581. The van der Waals surface area contributed by atoms with Gasteiger partial charge in [-0.1, -0.05) is 43.4 Å². The van der Waals surface area contributed by atoms with Crippen LogP contribution in [-0.4, -0.2) is 24.4 Å². The number of rotatable bonds is 5. The van der Waals surface area contributed by atoms with Crippen molar-refractivity contribution in [2.24, 2.45) is 0 Å². The SMILES string of the molecule is CC(=O)N(CCC(=O)NC1CCCCCC1)c1cc(Cl)ccc1C. The maximum Gasteiger partial charge on any atom is 0.223 e. The average molecular weight is 351 g/mol. The number of anilines is 1. The Morgan fingerprint density at radius 2 is 1.88 bits per heavy atom. The third-order valence-electron chi connectivity index (χ3n) is 4.62. The Balaban J connectivity index is 1.94. The molecule has 24 heavy (non-hydrogen) atoms. The van der Waals surface area contributed by atoms with Crippen LogP contribution < -0.4 is 10.2 Å². The summed E-state index contributed by atoms with van der Waals surface area (Å²) in [5, 5.41) is 3.72. The van der Waals surface area contributed by atoms with Crippen LogP contribution in [0.2, 0.25) is 5.02 Å². The van der Waals surface area contributed by atoms with Gasteiger partial charge in [0.25, 0.3) is 0 Å². The molecule has 0 saturated heterocycles. The Morgan fingerprint density at radius 1 is 1.21 bits per heavy atom. The number of hydrogen-bond acceptors (Lipinski definition) is 2. The molecule has 0 bridgehead atoms. The van der Waals surface area contributed by atoms with Gasteiger partial charge in [-0.25, -0.2) is 0 Å². The number of hydrogen-bond donors (Lipinski definition) is 1. The van der Waals surface area contributed by atoms with E-state index in [1.54, 1.807) is 17.0 Å². The van der Waals surface area contributed by atoms with Crippen LogP contribution >= 0.6 is 11.6 Å². The van der Waals surface area contributed by atoms with E-state index in [1.165, 1.54) is 32.6 Å². The molecule has 2 amide bonds. The molecule has 1 aromatic rings. The molecule has 0 radical (unpaired) electrons. The molecule has 132 valence electrons. The van der Waals surface area contributed by atoms with Crippen molar-refractivity contribution in [2.45, 2.75) is 64.8 Å². The van der Waals surface area contributed by atoms with Crippen LogP contribution in [0.25, 0.3) is 0 Å². The van der Waals surface area contributed by atoms with Crippen molar-refractivity contribution in [2.75, 3.05) is 11.4 Å². The van der Waals surface area contributed by atoms with Crippen LogP contribution in [-0.2, 0) is 9.59 Å². The first kappa shape index (κ1) is 18.8. The third-order valence-corrected chi connectivity index (χ3v) is 4.86. The molecule has 4 nitrogen and oxygen atoms in total. The van der Waals surface area contributed by atoms with Gasteiger partial charge in [0, 0.05) is 36.6 Å². The normalized spacial score (nSPS) is 15.6. The van der Waals surface area contributed by atoms with Crippen LogP contribution in [0.4, 0.5) is 5.69 Å². The number of nitrogens with zero attached hydrogens (tertiary/aromatic N) is 1. The van der Waals surface area contributed by atoms with Gasteiger partial charge in [-0.05, 0) is 37.5 Å². The van der Waals surface area contributed by atoms with Gasteiger partial charge in [0.2, 0.25) is 11.8 Å². The minimum Gasteiger partial charge on any atom is -0.353 e. The van der Waals surface area contributed by atoms with Crippen LogP contribution in [0, 0.1) is 6.92 Å². The molecular formula is C19H27ClN2O2. The van der Waals surface area contributed by atoms with E-state index < -0.39 is 0 Å². The van der Waals surface area contributed by atoms with Gasteiger partial charge in [-0.15, -0.1) is 0 Å². The predicted octanol–water partition coefficient (Wildman–Crippen LogP) is 4.23. The Morgan fingerprint density at radius 3 is 2.50 bits per heavy atom. The van der Waals surface area contributed by atoms with E-state index in [4.69, 9.17) is 11.6 Å². The molecule has 0 aliphatic heterocycles. The van der Waals surface area contributed by atoms with E-state index in [0.29, 0.717) is 24.0 Å². The highest BCUT2D eigenvalue weighted by Gasteiger charge is 2.18. The minimum atomic E-state index is -0.0809. The number of benzene rings is 1. The van der Waals surface area contributed by atoms with E-state index in [0.717, 1.165) is 24.1 Å². The molecule has 2 rings (SSSR count). The minimum absolute atomic E-state index is 0.0211. The standard InChI is InChI=1S/C19H27ClN2O2/c1-14-9-10-16(20)13-18(14)22(15(2)23)12-11-19(24)21-17-7-5-3-4-6-8-17/h9-10,13,17H,3-8,11-12H2,1-2H3,(H,21,24). The highest BCUT2D eigenvalue weighted by Crippen LogP contribution is 2.25. The number of aryl methyl sites for hydroxylation is 1. The lowest BCUT2D eigenvalue weighted by atomic mass is 10.1. The third kappa shape index (κ3) is 5.52. The number of halogens is 1. The zero-order chi connectivity index (χ0) is 17.5. The molecule has 1 saturated carbocycles. The lowest BCUT2D eigenvalue weighted by molar-refractivity contribution is -0.121. The number of nitrogens with one attached hydrogen (secondary N) is 1. The van der Waals surface area contributed by atoms with Crippen LogP contribution in [0.15, 0.2) is 18.2 Å². The Hall–Kier alpha value is -1.55. The number of carbonyl (C=O) groups excluding carboxylic acids is 2. The average Bonchev–Trinajstić information content (AvgIpc) is 2.79. The number of carbonyl (C=O) groups is 2. The second kappa shape index (κ2) is 9.07. The molecular weight excluding hydrogens is 324 g/mol. The van der Waals surface area contributed by atoms with E-state index in [-0.39, 0.29) is 11.8 Å². The summed E-state index contributed by atoms with van der Waals surface area (Å²) in [4.78, 5) is 25.9. The summed E-state index contributed by atoms with van der Waals surface area (Å²) in [5.74, 6) is -0.0598. The van der Waals surface area contributed by atoms with E-state index in [1.807, 2.05) is 13.0 Å². The van der Waals surface area contributed by atoms with Gasteiger partial charge in [-0.2, -0.15) is 0 Å². The molecule has 1 aliphatic carbocycles. The van der Waals surface area contributed by atoms with Crippen molar-refractivity contribution < 1.29 is 9.59 Å². The summed E-state index contributed by atoms with van der Waals surface area (Å²) in [7, 11) is 0. The Labute approximate surface area is 149 Å². The summed E-state index contributed by atoms with van der Waals surface area (Å²) in [6.45, 7) is 3.83. The molecule has 0 spiro atoms. The van der Waals surface area contributed by atoms with Crippen molar-refractivity contribution in [3.63, 3.8) is 0 Å². The molecule has 1 N–H and O–H groups in total. The van der Waals surface area contributed by atoms with Crippen molar-refractivity contribution in [1.29, 1.82) is 0 Å². The monoisotopic (exact) mass is 350 g/mol. The van der Waals surface area contributed by atoms with E-state index in [2.05, 4.69) is 5.32 Å². The highest BCUT2D eigenvalue weighted by molar-refractivity contribution is 6.31. The van der Waals surface area contributed by atoms with Gasteiger partial charge in [-0.3, -0.25) is 9.59 Å². The molecule has 0 unspecified atom stereocenters. The van der Waals surface area contributed by atoms with Crippen molar-refractivity contribution in [1.82, 2.24) is 5.32 Å². The molecule has 0 aromatic heterocycles. The first-order valence-corrected chi connectivity index (χ1v) is 9.19. The van der Waals surface area contributed by atoms with Crippen LogP contribution in [0.3, 0.4) is 0 Å². The molecule has 1 aromatic carbocycles. The summed E-state index contributed by atoms with van der Waals surface area (Å²) >= 11 is 6.06. The summed E-state index contributed by atoms with van der Waals surface area (Å²) in [6, 6.07) is 5.76. The first-order valence-electron chi connectivity index (χ1n) is 8.81. The van der Waals surface area contributed by atoms with Crippen molar-refractivity contribution in [3.8, 4) is 0 Å². The summed E-state index contributed by atoms with van der Waals surface area (Å²) in [5.41, 5.74) is 1.75. The lowest BCUT2D eigenvalue weighted by Gasteiger charge is -2.24. The zero-order valence-corrected chi connectivity index (χ0v) is 15.4. The lowest BCUT2D eigenvalue weighted by Crippen LogP contribution is -2.38. The molecule has 0 atom stereocenters. The molecule has 0 heterocycles. The van der Waals surface area contributed by atoms with Crippen molar-refractivity contribution in [3.05, 3.63) is 28.8 Å². The first-order chi connectivity index (χ1) is 11.5. The van der Waals surface area contributed by atoms with E-state index in [9.17, 15) is 9.59 Å². The molecule has 5 heteroatoms. The highest BCUT2D eigenvalue weighted by atomic mass is 35.5. The quantitative estimate of drug-likeness (QED) is 0.808. The maximum absolute atomic E-state index is 12.3. The second-order valence-electron chi connectivity index (χ2n) is 6.61. The second-order valence-corrected chi connectivity index (χ2v) is 7.04. The van der Waals surface area contributed by atoms with E-state index >= 15 is 0 Å². The smallest absolute Gasteiger partial charge is 0.223 e. The summed E-state index contributed by atoms with van der Waals surface area (Å²) in [6.07, 6.45) is 7.34. The number of amides is 2. The topological polar surface area (TPSA) is 49.4 Å². The largest absolute Gasteiger partial charge is 0.353 e. The van der Waals surface area contributed by atoms with Gasteiger partial charge in [0.1, 0.15) is 0 Å². The van der Waals surface area contributed by atoms with Gasteiger partial charge < -0.3 is 10.2 Å². The fourth-order valence-corrected chi connectivity index (χ4v) is 3.42. The van der Waals surface area contributed by atoms with Crippen LogP contribution in [0.1, 0.15) is 57.4 Å². The Kier molecular flexibility index (Phi) is 7.10. The molecule has 1 aliphatic rings. The summed E-state index contributed by atoms with van der Waals surface area (Å²) < 4.78 is 0. The predicted molar refractivity (Wildman–Crippen MR) is 98.5 cm³/mol. The fourth-order valence-electron chi connectivity index (χ4n) is 3.26. The van der Waals surface area contributed by atoms with Gasteiger partial charge in [0.05, 0.1) is 0 Å². The van der Waals surface area contributed by atoms with Gasteiger partial charge >= 0.3 is 0 Å². The van der Waals surface area contributed by atoms with Crippen LogP contribution in [0.5, 0.6) is 0 Å². The van der Waals surface area contributed by atoms with Gasteiger partial charge in [0.15, 0.2) is 0 Å². The van der Waals surface area contributed by atoms with Crippen molar-refractivity contribution >= 4 is 29.1 Å². The fraction of sp³-hybridized carbons (Fsp3) is 0.579.